The fourth-order valence-corrected chi connectivity index (χ4v) is 1.66. The topological polar surface area (TPSA) is 49.3 Å². The molecule has 1 aliphatic carbocycles. The first-order valence-corrected chi connectivity index (χ1v) is 5.78. The van der Waals surface area contributed by atoms with E-state index >= 15 is 0 Å². The van der Waals surface area contributed by atoms with E-state index in [4.69, 9.17) is 0 Å². The van der Waals surface area contributed by atoms with Crippen molar-refractivity contribution in [3.05, 3.63) is 35.9 Å². The number of amides is 1. The standard InChI is InChI=1S/C13H17NO2/c15-12(10-4-2-1-3-5-10)8-9-14-13(16)11-6-7-11/h1-5,11-12,15H,6-9H2,(H,14,16)/t12-/m0/s1. The fraction of sp³-hybridized carbons (Fsp3) is 0.462. The van der Waals surface area contributed by atoms with Gasteiger partial charge in [-0.3, -0.25) is 4.79 Å². The van der Waals surface area contributed by atoms with Crippen molar-refractivity contribution in [2.45, 2.75) is 25.4 Å². The van der Waals surface area contributed by atoms with E-state index in [2.05, 4.69) is 5.32 Å². The number of benzene rings is 1. The summed E-state index contributed by atoms with van der Waals surface area (Å²) >= 11 is 0. The lowest BCUT2D eigenvalue weighted by Gasteiger charge is -2.11. The van der Waals surface area contributed by atoms with E-state index in [9.17, 15) is 9.90 Å². The molecule has 86 valence electrons. The molecule has 0 bridgehead atoms. The molecule has 1 aliphatic rings. The summed E-state index contributed by atoms with van der Waals surface area (Å²) in [7, 11) is 0. The minimum Gasteiger partial charge on any atom is -0.388 e. The maximum atomic E-state index is 11.3. The highest BCUT2D eigenvalue weighted by Crippen LogP contribution is 2.28. The molecule has 2 N–H and O–H groups in total. The number of carbonyl (C=O) groups excluding carboxylic acids is 1. The van der Waals surface area contributed by atoms with Gasteiger partial charge in [-0.1, -0.05) is 30.3 Å². The molecule has 16 heavy (non-hydrogen) atoms. The first-order valence-electron chi connectivity index (χ1n) is 5.78. The van der Waals surface area contributed by atoms with Gasteiger partial charge in [0, 0.05) is 12.5 Å². The van der Waals surface area contributed by atoms with Crippen molar-refractivity contribution in [3.63, 3.8) is 0 Å². The van der Waals surface area contributed by atoms with Crippen LogP contribution in [-0.4, -0.2) is 17.6 Å². The third-order valence-corrected chi connectivity index (χ3v) is 2.85. The zero-order valence-electron chi connectivity index (χ0n) is 9.23. The highest BCUT2D eigenvalue weighted by atomic mass is 16.3. The van der Waals surface area contributed by atoms with Crippen LogP contribution in [0.3, 0.4) is 0 Å². The van der Waals surface area contributed by atoms with Crippen LogP contribution in [0.4, 0.5) is 0 Å². The van der Waals surface area contributed by atoms with Crippen LogP contribution in [0, 0.1) is 5.92 Å². The molecule has 0 spiro atoms. The second-order valence-electron chi connectivity index (χ2n) is 4.28. The third kappa shape index (κ3) is 3.07. The molecule has 1 saturated carbocycles. The van der Waals surface area contributed by atoms with E-state index < -0.39 is 6.10 Å². The minimum atomic E-state index is -0.485. The summed E-state index contributed by atoms with van der Waals surface area (Å²) in [5.74, 6) is 0.383. The van der Waals surface area contributed by atoms with Crippen molar-refractivity contribution >= 4 is 5.91 Å². The molecule has 1 fully saturated rings. The van der Waals surface area contributed by atoms with Crippen molar-refractivity contribution in [3.8, 4) is 0 Å². The van der Waals surface area contributed by atoms with E-state index in [-0.39, 0.29) is 11.8 Å². The first-order chi connectivity index (χ1) is 7.77. The summed E-state index contributed by atoms with van der Waals surface area (Å²) in [4.78, 5) is 11.3. The second kappa shape index (κ2) is 5.12. The number of hydrogen-bond donors (Lipinski definition) is 2. The lowest BCUT2D eigenvalue weighted by atomic mass is 10.1. The largest absolute Gasteiger partial charge is 0.388 e. The Morgan fingerprint density at radius 1 is 1.38 bits per heavy atom. The van der Waals surface area contributed by atoms with Gasteiger partial charge in [0.05, 0.1) is 6.10 Å². The number of rotatable bonds is 5. The van der Waals surface area contributed by atoms with Gasteiger partial charge in [0.15, 0.2) is 0 Å². The van der Waals surface area contributed by atoms with Crippen LogP contribution in [-0.2, 0) is 4.79 Å². The average Bonchev–Trinajstić information content (AvgIpc) is 3.14. The van der Waals surface area contributed by atoms with Crippen molar-refractivity contribution in [2.24, 2.45) is 5.92 Å². The number of carbonyl (C=O) groups is 1. The van der Waals surface area contributed by atoms with Crippen molar-refractivity contribution < 1.29 is 9.90 Å². The molecule has 0 radical (unpaired) electrons. The molecule has 1 aromatic rings. The van der Waals surface area contributed by atoms with Crippen LogP contribution in [0.5, 0.6) is 0 Å². The molecule has 0 unspecified atom stereocenters. The van der Waals surface area contributed by atoms with E-state index in [0.29, 0.717) is 13.0 Å². The van der Waals surface area contributed by atoms with Crippen molar-refractivity contribution in [1.29, 1.82) is 0 Å². The minimum absolute atomic E-state index is 0.139. The highest BCUT2D eigenvalue weighted by molar-refractivity contribution is 5.80. The normalized spacial score (nSPS) is 16.8. The van der Waals surface area contributed by atoms with Gasteiger partial charge in [-0.25, -0.2) is 0 Å². The zero-order valence-corrected chi connectivity index (χ0v) is 9.23. The van der Waals surface area contributed by atoms with Crippen LogP contribution in [0.1, 0.15) is 30.9 Å². The van der Waals surface area contributed by atoms with E-state index in [1.807, 2.05) is 30.3 Å². The average molecular weight is 219 g/mol. The zero-order chi connectivity index (χ0) is 11.4. The van der Waals surface area contributed by atoms with Gasteiger partial charge in [0.1, 0.15) is 0 Å². The van der Waals surface area contributed by atoms with Gasteiger partial charge in [-0.15, -0.1) is 0 Å². The molecular formula is C13H17NO2. The molecule has 0 aromatic heterocycles. The van der Waals surface area contributed by atoms with Gasteiger partial charge in [0.2, 0.25) is 5.91 Å². The maximum absolute atomic E-state index is 11.3. The molecule has 0 heterocycles. The Balaban J connectivity index is 1.71. The van der Waals surface area contributed by atoms with Crippen molar-refractivity contribution in [1.82, 2.24) is 5.32 Å². The summed E-state index contributed by atoms with van der Waals surface area (Å²) in [6.45, 7) is 0.547. The van der Waals surface area contributed by atoms with Gasteiger partial charge in [-0.05, 0) is 24.8 Å². The van der Waals surface area contributed by atoms with Crippen molar-refractivity contribution in [2.75, 3.05) is 6.54 Å². The lowest BCUT2D eigenvalue weighted by molar-refractivity contribution is -0.122. The fourth-order valence-electron chi connectivity index (χ4n) is 1.66. The molecule has 3 heteroatoms. The number of aliphatic hydroxyl groups is 1. The molecule has 1 amide bonds. The summed E-state index contributed by atoms with van der Waals surface area (Å²) in [5, 5.41) is 12.7. The van der Waals surface area contributed by atoms with Crippen LogP contribution < -0.4 is 5.32 Å². The maximum Gasteiger partial charge on any atom is 0.223 e. The third-order valence-electron chi connectivity index (χ3n) is 2.85. The molecule has 0 saturated heterocycles. The Kier molecular flexibility index (Phi) is 3.57. The Morgan fingerprint density at radius 2 is 2.06 bits per heavy atom. The summed E-state index contributed by atoms with van der Waals surface area (Å²) in [6.07, 6.45) is 2.13. The molecule has 2 rings (SSSR count). The van der Waals surface area contributed by atoms with E-state index in [1.165, 1.54) is 0 Å². The SMILES string of the molecule is O=C(NCC[C@H](O)c1ccccc1)C1CC1. The highest BCUT2D eigenvalue weighted by Gasteiger charge is 2.29. The predicted molar refractivity (Wildman–Crippen MR) is 61.8 cm³/mol. The number of hydrogen-bond acceptors (Lipinski definition) is 2. The number of aliphatic hydroxyl groups excluding tert-OH is 1. The summed E-state index contributed by atoms with van der Waals surface area (Å²) in [5.41, 5.74) is 0.906. The molecular weight excluding hydrogens is 202 g/mol. The summed E-state index contributed by atoms with van der Waals surface area (Å²) < 4.78 is 0. The van der Waals surface area contributed by atoms with Gasteiger partial charge >= 0.3 is 0 Å². The molecule has 1 atom stereocenters. The molecule has 0 aliphatic heterocycles. The quantitative estimate of drug-likeness (QED) is 0.791. The number of nitrogens with one attached hydrogen (secondary N) is 1. The first kappa shape index (κ1) is 11.1. The van der Waals surface area contributed by atoms with Gasteiger partial charge in [-0.2, -0.15) is 0 Å². The lowest BCUT2D eigenvalue weighted by Crippen LogP contribution is -2.26. The van der Waals surface area contributed by atoms with Gasteiger partial charge < -0.3 is 10.4 Å². The van der Waals surface area contributed by atoms with E-state index in [0.717, 1.165) is 18.4 Å². The monoisotopic (exact) mass is 219 g/mol. The van der Waals surface area contributed by atoms with Gasteiger partial charge in [0.25, 0.3) is 0 Å². The van der Waals surface area contributed by atoms with Crippen LogP contribution in [0.15, 0.2) is 30.3 Å². The van der Waals surface area contributed by atoms with Crippen LogP contribution >= 0.6 is 0 Å². The predicted octanol–water partition coefficient (Wildman–Crippen LogP) is 1.64. The second-order valence-corrected chi connectivity index (χ2v) is 4.28. The molecule has 1 aromatic carbocycles. The van der Waals surface area contributed by atoms with Crippen LogP contribution in [0.2, 0.25) is 0 Å². The Hall–Kier alpha value is -1.35. The Labute approximate surface area is 95.5 Å². The van der Waals surface area contributed by atoms with E-state index in [1.54, 1.807) is 0 Å². The summed E-state index contributed by atoms with van der Waals surface area (Å²) in [6, 6.07) is 9.52. The smallest absolute Gasteiger partial charge is 0.223 e. The van der Waals surface area contributed by atoms with Crippen LogP contribution in [0.25, 0.3) is 0 Å². The molecule has 3 nitrogen and oxygen atoms in total. The Morgan fingerprint density at radius 3 is 2.69 bits per heavy atom. The Bertz CT molecular complexity index is 346.